The van der Waals surface area contributed by atoms with Crippen LogP contribution in [0.15, 0.2) is 0 Å². The van der Waals surface area contributed by atoms with Gasteiger partial charge < -0.3 is 0 Å². The zero-order valence-electron chi connectivity index (χ0n) is 5.74. The fourth-order valence-corrected chi connectivity index (χ4v) is 0.551. The molecule has 0 aromatic heterocycles. The number of hydrogen-bond acceptors (Lipinski definition) is 1. The number of Topliss-reactive ketones (excluding diaryl/α,β-unsaturated/α-hetero) is 1. The lowest BCUT2D eigenvalue weighted by atomic mass is 10.1. The molecule has 0 fully saturated rings. The molecule has 54 valence electrons. The molecule has 0 aromatic carbocycles. The molecule has 0 rings (SSSR count). The molecule has 0 heterocycles. The zero-order valence-corrected chi connectivity index (χ0v) is 5.74. The van der Waals surface area contributed by atoms with E-state index in [-0.39, 0.29) is 17.4 Å². The molecule has 0 aromatic rings. The SMILES string of the molecule is CCCCC(=O)CC.[AlH3]. The van der Waals surface area contributed by atoms with Crippen LogP contribution in [0.1, 0.15) is 39.5 Å². The van der Waals surface area contributed by atoms with Crippen molar-refractivity contribution in [3.05, 3.63) is 0 Å². The first-order valence-electron chi connectivity index (χ1n) is 3.33. The van der Waals surface area contributed by atoms with Crippen molar-refractivity contribution in [3.8, 4) is 0 Å². The maximum atomic E-state index is 10.6. The van der Waals surface area contributed by atoms with E-state index >= 15 is 0 Å². The summed E-state index contributed by atoms with van der Waals surface area (Å²) in [6.45, 7) is 4.01. The van der Waals surface area contributed by atoms with Gasteiger partial charge in [-0.1, -0.05) is 20.3 Å². The molecule has 1 nitrogen and oxygen atoms in total. The minimum absolute atomic E-state index is 0. The number of rotatable bonds is 4. The van der Waals surface area contributed by atoms with Crippen LogP contribution in [0, 0.1) is 0 Å². The fraction of sp³-hybridized carbons (Fsp3) is 0.857. The molecule has 0 radical (unpaired) electrons. The standard InChI is InChI=1S/C7H14O.Al.3H/c1-3-5-6-7(8)4-2;;;;/h3-6H2,1-2H3;;;;. The Morgan fingerprint density at radius 2 is 1.89 bits per heavy atom. The summed E-state index contributed by atoms with van der Waals surface area (Å²) >= 11 is 0. The largest absolute Gasteiger partial charge is 0.300 e. The maximum absolute atomic E-state index is 10.6. The van der Waals surface area contributed by atoms with Crippen LogP contribution in [-0.4, -0.2) is 23.1 Å². The highest BCUT2D eigenvalue weighted by atomic mass is 27.0. The van der Waals surface area contributed by atoms with Crippen LogP contribution in [0.4, 0.5) is 0 Å². The number of carbonyl (C=O) groups excluding carboxylic acids is 1. The van der Waals surface area contributed by atoms with Crippen molar-refractivity contribution in [2.45, 2.75) is 39.5 Å². The Morgan fingerprint density at radius 1 is 1.33 bits per heavy atom. The molecular weight excluding hydrogens is 127 g/mol. The van der Waals surface area contributed by atoms with Gasteiger partial charge in [-0.3, -0.25) is 4.79 Å². The quantitative estimate of drug-likeness (QED) is 0.537. The molecular formula is C7H17AlO. The van der Waals surface area contributed by atoms with Gasteiger partial charge >= 0.3 is 0 Å². The van der Waals surface area contributed by atoms with Crippen LogP contribution in [0.25, 0.3) is 0 Å². The normalized spacial score (nSPS) is 8.22. The molecule has 0 aliphatic heterocycles. The lowest BCUT2D eigenvalue weighted by molar-refractivity contribution is -0.118. The van der Waals surface area contributed by atoms with Crippen LogP contribution in [0.3, 0.4) is 0 Å². The Hall–Kier alpha value is 0.202. The van der Waals surface area contributed by atoms with E-state index in [0.29, 0.717) is 12.2 Å². The van der Waals surface area contributed by atoms with Crippen molar-refractivity contribution in [2.24, 2.45) is 0 Å². The topological polar surface area (TPSA) is 17.1 Å². The van der Waals surface area contributed by atoms with Gasteiger partial charge in [-0.05, 0) is 6.42 Å². The number of hydrogen-bond donors (Lipinski definition) is 0. The first-order valence-corrected chi connectivity index (χ1v) is 3.33. The Kier molecular flexibility index (Phi) is 10.9. The molecule has 0 amide bonds. The molecule has 2 heteroatoms. The Bertz CT molecular complexity index is 71.3. The number of unbranched alkanes of at least 4 members (excludes halogenated alkanes) is 1. The van der Waals surface area contributed by atoms with E-state index in [1.807, 2.05) is 6.92 Å². The highest BCUT2D eigenvalue weighted by Crippen LogP contribution is 1.96. The van der Waals surface area contributed by atoms with E-state index in [2.05, 4.69) is 6.92 Å². The highest BCUT2D eigenvalue weighted by molar-refractivity contribution is 5.77. The van der Waals surface area contributed by atoms with Crippen molar-refractivity contribution < 1.29 is 4.79 Å². The van der Waals surface area contributed by atoms with Gasteiger partial charge in [-0.25, -0.2) is 0 Å². The fourth-order valence-electron chi connectivity index (χ4n) is 0.551. The van der Waals surface area contributed by atoms with Gasteiger partial charge in [0.1, 0.15) is 5.78 Å². The summed E-state index contributed by atoms with van der Waals surface area (Å²) in [6.07, 6.45) is 3.69. The van der Waals surface area contributed by atoms with Crippen LogP contribution >= 0.6 is 0 Å². The minimum atomic E-state index is 0. The second-order valence-corrected chi connectivity index (χ2v) is 2.00. The van der Waals surface area contributed by atoms with E-state index in [9.17, 15) is 4.79 Å². The maximum Gasteiger partial charge on any atom is 0.187 e. The smallest absolute Gasteiger partial charge is 0.187 e. The van der Waals surface area contributed by atoms with Crippen LogP contribution in [0.5, 0.6) is 0 Å². The summed E-state index contributed by atoms with van der Waals surface area (Å²) in [5.41, 5.74) is 0. The van der Waals surface area contributed by atoms with E-state index in [1.54, 1.807) is 0 Å². The first kappa shape index (κ1) is 11.9. The third-order valence-corrected chi connectivity index (χ3v) is 1.20. The average molecular weight is 144 g/mol. The van der Waals surface area contributed by atoms with Crippen molar-refractivity contribution in [1.29, 1.82) is 0 Å². The molecule has 0 aliphatic rings. The molecule has 9 heavy (non-hydrogen) atoms. The average Bonchev–Trinajstić information content (AvgIpc) is 1.83. The minimum Gasteiger partial charge on any atom is -0.300 e. The van der Waals surface area contributed by atoms with Crippen molar-refractivity contribution in [1.82, 2.24) is 0 Å². The summed E-state index contributed by atoms with van der Waals surface area (Å²) in [5, 5.41) is 0. The van der Waals surface area contributed by atoms with E-state index < -0.39 is 0 Å². The molecule has 0 saturated carbocycles. The molecule has 0 aliphatic carbocycles. The van der Waals surface area contributed by atoms with Crippen LogP contribution in [0.2, 0.25) is 0 Å². The summed E-state index contributed by atoms with van der Waals surface area (Å²) in [6, 6.07) is 0. The third-order valence-electron chi connectivity index (χ3n) is 1.20. The lowest BCUT2D eigenvalue weighted by Crippen LogP contribution is -1.92. The lowest BCUT2D eigenvalue weighted by Gasteiger charge is -1.91. The predicted molar refractivity (Wildman–Crippen MR) is 44.8 cm³/mol. The van der Waals surface area contributed by atoms with E-state index in [1.165, 1.54) is 0 Å². The molecule has 0 bridgehead atoms. The third kappa shape index (κ3) is 8.20. The molecule has 0 spiro atoms. The van der Waals surface area contributed by atoms with Crippen molar-refractivity contribution in [2.75, 3.05) is 0 Å². The van der Waals surface area contributed by atoms with Gasteiger partial charge in [0, 0.05) is 12.8 Å². The second kappa shape index (κ2) is 8.20. The van der Waals surface area contributed by atoms with Crippen molar-refractivity contribution >= 4 is 23.1 Å². The summed E-state index contributed by atoms with van der Waals surface area (Å²) in [4.78, 5) is 10.6. The van der Waals surface area contributed by atoms with Gasteiger partial charge in [0.2, 0.25) is 0 Å². The zero-order chi connectivity index (χ0) is 6.41. The Labute approximate surface area is 68.0 Å². The van der Waals surface area contributed by atoms with E-state index in [0.717, 1.165) is 19.3 Å². The number of carbonyl (C=O) groups is 1. The Morgan fingerprint density at radius 3 is 2.22 bits per heavy atom. The molecule has 0 saturated heterocycles. The van der Waals surface area contributed by atoms with Crippen molar-refractivity contribution in [3.63, 3.8) is 0 Å². The molecule has 0 atom stereocenters. The Balaban J connectivity index is 0. The van der Waals surface area contributed by atoms with Gasteiger partial charge in [0.05, 0.1) is 0 Å². The van der Waals surface area contributed by atoms with Crippen LogP contribution in [-0.2, 0) is 4.79 Å². The van der Waals surface area contributed by atoms with E-state index in [4.69, 9.17) is 0 Å². The van der Waals surface area contributed by atoms with Crippen LogP contribution < -0.4 is 0 Å². The molecule has 0 N–H and O–H groups in total. The number of ketones is 1. The predicted octanol–water partition coefficient (Wildman–Crippen LogP) is 0.972. The monoisotopic (exact) mass is 144 g/mol. The van der Waals surface area contributed by atoms with Gasteiger partial charge in [-0.15, -0.1) is 0 Å². The van der Waals surface area contributed by atoms with Gasteiger partial charge in [-0.2, -0.15) is 0 Å². The highest BCUT2D eigenvalue weighted by Gasteiger charge is 1.93. The first-order chi connectivity index (χ1) is 3.81. The molecule has 0 unspecified atom stereocenters. The summed E-state index contributed by atoms with van der Waals surface area (Å²) in [7, 11) is 0. The summed E-state index contributed by atoms with van der Waals surface area (Å²) < 4.78 is 0. The van der Waals surface area contributed by atoms with Gasteiger partial charge in [0.25, 0.3) is 0 Å². The second-order valence-electron chi connectivity index (χ2n) is 2.00. The van der Waals surface area contributed by atoms with Gasteiger partial charge in [0.15, 0.2) is 17.4 Å². The summed E-state index contributed by atoms with van der Waals surface area (Å²) in [5.74, 6) is 0.395.